The van der Waals surface area contributed by atoms with E-state index in [4.69, 9.17) is 9.15 Å². The predicted octanol–water partition coefficient (Wildman–Crippen LogP) is 4.23. The van der Waals surface area contributed by atoms with Gasteiger partial charge in [0.1, 0.15) is 11.3 Å². The van der Waals surface area contributed by atoms with Gasteiger partial charge in [-0.25, -0.2) is 4.79 Å². The Morgan fingerprint density at radius 2 is 1.83 bits per heavy atom. The molecule has 2 aromatic carbocycles. The highest BCUT2D eigenvalue weighted by molar-refractivity contribution is 6.02. The van der Waals surface area contributed by atoms with Crippen molar-refractivity contribution in [2.45, 2.75) is 39.7 Å². The quantitative estimate of drug-likeness (QED) is 0.593. The first-order chi connectivity index (χ1) is 14.4. The second-order valence-electron chi connectivity index (χ2n) is 7.27. The van der Waals surface area contributed by atoms with Crippen molar-refractivity contribution in [1.29, 1.82) is 0 Å². The normalized spacial score (nSPS) is 11.8. The summed E-state index contributed by atoms with van der Waals surface area (Å²) in [6.45, 7) is 5.23. The lowest BCUT2D eigenvalue weighted by molar-refractivity contribution is -0.124. The molecule has 0 aliphatic heterocycles. The summed E-state index contributed by atoms with van der Waals surface area (Å²) in [5.41, 5.74) is 1.24. The maximum Gasteiger partial charge on any atom is 0.342 e. The van der Waals surface area contributed by atoms with Crippen molar-refractivity contribution < 1.29 is 18.7 Å². The molecule has 0 bridgehead atoms. The number of para-hydroxylation sites is 1. The Labute approximate surface area is 174 Å². The predicted molar refractivity (Wildman–Crippen MR) is 115 cm³/mol. The number of hydrogen-bond donors (Lipinski definition) is 1. The van der Waals surface area contributed by atoms with Gasteiger partial charge in [0.25, 0.3) is 5.91 Å². The molecule has 1 N–H and O–H groups in total. The van der Waals surface area contributed by atoms with Gasteiger partial charge >= 0.3 is 5.97 Å². The van der Waals surface area contributed by atoms with Crippen molar-refractivity contribution >= 4 is 22.8 Å². The van der Waals surface area contributed by atoms with Gasteiger partial charge in [-0.2, -0.15) is 0 Å². The van der Waals surface area contributed by atoms with Gasteiger partial charge in [0.2, 0.25) is 0 Å². The zero-order valence-electron chi connectivity index (χ0n) is 17.4. The molecule has 0 aliphatic carbocycles. The summed E-state index contributed by atoms with van der Waals surface area (Å²) in [4.78, 5) is 37.5. The van der Waals surface area contributed by atoms with Crippen LogP contribution in [0, 0.1) is 6.92 Å². The number of carbonyl (C=O) groups is 2. The summed E-state index contributed by atoms with van der Waals surface area (Å²) in [6, 6.07) is 14.0. The summed E-state index contributed by atoms with van der Waals surface area (Å²) >= 11 is 0. The van der Waals surface area contributed by atoms with E-state index in [1.807, 2.05) is 44.2 Å². The number of ether oxygens (including phenoxy) is 1. The van der Waals surface area contributed by atoms with Gasteiger partial charge in [-0.1, -0.05) is 49.7 Å². The number of nitrogens with one attached hydrogen (secondary N) is 1. The highest BCUT2D eigenvalue weighted by Gasteiger charge is 2.20. The molecule has 1 aromatic heterocycles. The summed E-state index contributed by atoms with van der Waals surface area (Å²) in [7, 11) is 0. The van der Waals surface area contributed by atoms with Crippen molar-refractivity contribution in [2.75, 3.05) is 6.61 Å². The zero-order chi connectivity index (χ0) is 21.7. The monoisotopic (exact) mass is 407 g/mol. The molecule has 0 spiro atoms. The zero-order valence-corrected chi connectivity index (χ0v) is 17.4. The van der Waals surface area contributed by atoms with Crippen LogP contribution in [0.15, 0.2) is 57.7 Å². The van der Waals surface area contributed by atoms with Gasteiger partial charge in [0.05, 0.1) is 5.39 Å². The van der Waals surface area contributed by atoms with Crippen molar-refractivity contribution in [2.24, 2.45) is 0 Å². The van der Waals surface area contributed by atoms with Crippen LogP contribution >= 0.6 is 0 Å². The molecule has 30 heavy (non-hydrogen) atoms. The SMILES string of the molecule is CCC[C@@H](C)NC(=O)COC(=O)c1cccc2c(=O)c(C)c(-c3ccccc3)oc12. The van der Waals surface area contributed by atoms with Crippen molar-refractivity contribution in [3.8, 4) is 11.3 Å². The molecular weight excluding hydrogens is 382 g/mol. The fraction of sp³-hybridized carbons (Fsp3) is 0.292. The molecule has 1 amide bonds. The average molecular weight is 407 g/mol. The Hall–Kier alpha value is -3.41. The van der Waals surface area contributed by atoms with E-state index in [2.05, 4.69) is 5.32 Å². The number of esters is 1. The number of amides is 1. The average Bonchev–Trinajstić information content (AvgIpc) is 2.75. The van der Waals surface area contributed by atoms with Crippen LogP contribution in [0.25, 0.3) is 22.3 Å². The van der Waals surface area contributed by atoms with E-state index in [1.54, 1.807) is 19.1 Å². The molecule has 0 aliphatic rings. The third-order valence-electron chi connectivity index (χ3n) is 4.86. The van der Waals surface area contributed by atoms with Crippen LogP contribution in [-0.4, -0.2) is 24.5 Å². The maximum atomic E-state index is 12.9. The van der Waals surface area contributed by atoms with E-state index in [-0.39, 0.29) is 28.5 Å². The van der Waals surface area contributed by atoms with E-state index < -0.39 is 12.6 Å². The highest BCUT2D eigenvalue weighted by Crippen LogP contribution is 2.27. The van der Waals surface area contributed by atoms with Crippen LogP contribution < -0.4 is 10.7 Å². The second kappa shape index (κ2) is 9.39. The standard InChI is InChI=1S/C24H25NO5/c1-4-9-15(2)25-20(26)14-29-24(28)19-13-8-12-18-21(27)16(3)22(30-23(18)19)17-10-6-5-7-11-17/h5-8,10-13,15H,4,9,14H2,1-3H3,(H,25,26)/t15-/m1/s1. The minimum Gasteiger partial charge on any atom is -0.455 e. The van der Waals surface area contributed by atoms with Gasteiger partial charge in [-0.3, -0.25) is 9.59 Å². The topological polar surface area (TPSA) is 85.6 Å². The number of carbonyl (C=O) groups excluding carboxylic acids is 2. The van der Waals surface area contributed by atoms with E-state index in [0.29, 0.717) is 16.7 Å². The van der Waals surface area contributed by atoms with Crippen molar-refractivity contribution in [1.82, 2.24) is 5.32 Å². The molecule has 0 fully saturated rings. The minimum absolute atomic E-state index is 0.00758. The Balaban J connectivity index is 1.91. The van der Waals surface area contributed by atoms with E-state index >= 15 is 0 Å². The van der Waals surface area contributed by atoms with Crippen LogP contribution in [0.1, 0.15) is 42.6 Å². The molecule has 0 unspecified atom stereocenters. The van der Waals surface area contributed by atoms with Crippen molar-refractivity contribution in [3.63, 3.8) is 0 Å². The van der Waals surface area contributed by atoms with Crippen LogP contribution in [0.5, 0.6) is 0 Å². The molecule has 3 aromatic rings. The molecule has 6 nitrogen and oxygen atoms in total. The Morgan fingerprint density at radius 1 is 1.10 bits per heavy atom. The molecule has 3 rings (SSSR count). The molecule has 1 heterocycles. The molecular formula is C24H25NO5. The van der Waals surface area contributed by atoms with Gasteiger partial charge in [0, 0.05) is 17.2 Å². The first-order valence-corrected chi connectivity index (χ1v) is 10.0. The largest absolute Gasteiger partial charge is 0.455 e. The lowest BCUT2D eigenvalue weighted by atomic mass is 10.0. The first-order valence-electron chi connectivity index (χ1n) is 10.0. The van der Waals surface area contributed by atoms with Gasteiger partial charge in [-0.05, 0) is 32.4 Å². The molecule has 156 valence electrons. The second-order valence-corrected chi connectivity index (χ2v) is 7.27. The Morgan fingerprint density at radius 3 is 2.53 bits per heavy atom. The van der Waals surface area contributed by atoms with Crippen LogP contribution in [-0.2, 0) is 9.53 Å². The van der Waals surface area contributed by atoms with Gasteiger partial charge in [-0.15, -0.1) is 0 Å². The molecule has 1 atom stereocenters. The lowest BCUT2D eigenvalue weighted by Crippen LogP contribution is -2.35. The van der Waals surface area contributed by atoms with Gasteiger partial charge in [0.15, 0.2) is 17.6 Å². The van der Waals surface area contributed by atoms with Crippen LogP contribution in [0.4, 0.5) is 0 Å². The molecule has 0 saturated carbocycles. The molecule has 0 radical (unpaired) electrons. The smallest absolute Gasteiger partial charge is 0.342 e. The first kappa shape index (κ1) is 21.3. The fourth-order valence-electron chi connectivity index (χ4n) is 3.37. The number of benzene rings is 2. The summed E-state index contributed by atoms with van der Waals surface area (Å²) in [6.07, 6.45) is 1.79. The molecule has 6 heteroatoms. The summed E-state index contributed by atoms with van der Waals surface area (Å²) in [5, 5.41) is 3.08. The van der Waals surface area contributed by atoms with Crippen LogP contribution in [0.2, 0.25) is 0 Å². The Bertz CT molecular complexity index is 1120. The number of rotatable bonds is 7. The molecule has 0 saturated heterocycles. The van der Waals surface area contributed by atoms with Crippen LogP contribution in [0.3, 0.4) is 0 Å². The van der Waals surface area contributed by atoms with E-state index in [1.165, 1.54) is 6.07 Å². The highest BCUT2D eigenvalue weighted by atomic mass is 16.5. The number of fused-ring (bicyclic) bond motifs is 1. The van der Waals surface area contributed by atoms with Crippen molar-refractivity contribution in [3.05, 3.63) is 69.9 Å². The van der Waals surface area contributed by atoms with E-state index in [9.17, 15) is 14.4 Å². The lowest BCUT2D eigenvalue weighted by Gasteiger charge is -2.13. The summed E-state index contributed by atoms with van der Waals surface area (Å²) in [5.74, 6) is -0.684. The third kappa shape index (κ3) is 4.59. The maximum absolute atomic E-state index is 12.9. The Kier molecular flexibility index (Phi) is 6.67. The fourth-order valence-corrected chi connectivity index (χ4v) is 3.37. The van der Waals surface area contributed by atoms with E-state index in [0.717, 1.165) is 18.4 Å². The minimum atomic E-state index is -0.718. The number of hydrogen-bond acceptors (Lipinski definition) is 5. The summed E-state index contributed by atoms with van der Waals surface area (Å²) < 4.78 is 11.2. The van der Waals surface area contributed by atoms with Gasteiger partial charge < -0.3 is 14.5 Å². The third-order valence-corrected chi connectivity index (χ3v) is 4.86.